The van der Waals surface area contributed by atoms with E-state index in [-0.39, 0.29) is 11.7 Å². The smallest absolute Gasteiger partial charge is 0.410 e. The summed E-state index contributed by atoms with van der Waals surface area (Å²) in [5, 5.41) is 6.37. The standard InChI is InChI=1S/C16H34N4O3/c1-9-17-13(19-12-16(5,6)22-8)18-10-11-20(7)14(21)23-15(2,3)4/h9-12H2,1-8H3,(H2,17,18,19). The predicted octanol–water partition coefficient (Wildman–Crippen LogP) is 1.83. The molecule has 1 amide bonds. The first-order valence-electron chi connectivity index (χ1n) is 8.02. The fourth-order valence-electron chi connectivity index (χ4n) is 1.45. The Kier molecular flexibility index (Phi) is 8.97. The number of likely N-dealkylation sites (N-methyl/N-ethyl adjacent to an activating group) is 1. The lowest BCUT2D eigenvalue weighted by Crippen LogP contribution is -2.43. The fourth-order valence-corrected chi connectivity index (χ4v) is 1.45. The molecule has 7 nitrogen and oxygen atoms in total. The van der Waals surface area contributed by atoms with Crippen LogP contribution in [-0.4, -0.2) is 68.5 Å². The lowest BCUT2D eigenvalue weighted by molar-refractivity contribution is 0.0302. The quantitative estimate of drug-likeness (QED) is 0.550. The van der Waals surface area contributed by atoms with Gasteiger partial charge in [-0.25, -0.2) is 4.79 Å². The van der Waals surface area contributed by atoms with Crippen LogP contribution < -0.4 is 10.6 Å². The van der Waals surface area contributed by atoms with Gasteiger partial charge in [-0.3, -0.25) is 4.99 Å². The molecule has 0 aliphatic carbocycles. The SMILES string of the molecule is CCNC(=NCC(C)(C)OC)NCCN(C)C(=O)OC(C)(C)C. The van der Waals surface area contributed by atoms with Gasteiger partial charge in [0.25, 0.3) is 0 Å². The molecule has 136 valence electrons. The maximum atomic E-state index is 11.9. The van der Waals surface area contributed by atoms with E-state index in [4.69, 9.17) is 9.47 Å². The first-order chi connectivity index (χ1) is 10.5. The molecule has 0 aromatic heterocycles. The molecule has 0 rings (SSSR count). The first-order valence-corrected chi connectivity index (χ1v) is 8.02. The van der Waals surface area contributed by atoms with Crippen LogP contribution in [0.1, 0.15) is 41.5 Å². The highest BCUT2D eigenvalue weighted by molar-refractivity contribution is 5.79. The van der Waals surface area contributed by atoms with Gasteiger partial charge in [-0.05, 0) is 41.5 Å². The number of ether oxygens (including phenoxy) is 2. The summed E-state index contributed by atoms with van der Waals surface area (Å²) >= 11 is 0. The highest BCUT2D eigenvalue weighted by Crippen LogP contribution is 2.09. The van der Waals surface area contributed by atoms with Crippen molar-refractivity contribution in [3.63, 3.8) is 0 Å². The molecule has 7 heteroatoms. The lowest BCUT2D eigenvalue weighted by atomic mass is 10.1. The minimum atomic E-state index is -0.485. The van der Waals surface area contributed by atoms with Gasteiger partial charge < -0.3 is 25.0 Å². The highest BCUT2D eigenvalue weighted by Gasteiger charge is 2.19. The Morgan fingerprint density at radius 2 is 1.78 bits per heavy atom. The van der Waals surface area contributed by atoms with E-state index in [2.05, 4.69) is 15.6 Å². The molecule has 0 aromatic carbocycles. The van der Waals surface area contributed by atoms with Crippen LogP contribution in [0.4, 0.5) is 4.79 Å². The van der Waals surface area contributed by atoms with Crippen molar-refractivity contribution in [3.8, 4) is 0 Å². The zero-order chi connectivity index (χ0) is 18.1. The van der Waals surface area contributed by atoms with Crippen molar-refractivity contribution in [2.45, 2.75) is 52.7 Å². The van der Waals surface area contributed by atoms with Gasteiger partial charge in [-0.15, -0.1) is 0 Å². The Morgan fingerprint density at radius 1 is 1.17 bits per heavy atom. The third-order valence-electron chi connectivity index (χ3n) is 2.96. The van der Waals surface area contributed by atoms with Crippen LogP contribution in [0.2, 0.25) is 0 Å². The van der Waals surface area contributed by atoms with Crippen molar-refractivity contribution in [1.29, 1.82) is 0 Å². The lowest BCUT2D eigenvalue weighted by Gasteiger charge is -2.25. The summed E-state index contributed by atoms with van der Waals surface area (Å²) in [4.78, 5) is 17.9. The van der Waals surface area contributed by atoms with Crippen LogP contribution in [-0.2, 0) is 9.47 Å². The van der Waals surface area contributed by atoms with Crippen LogP contribution in [0, 0.1) is 0 Å². The van der Waals surface area contributed by atoms with E-state index in [1.165, 1.54) is 0 Å². The van der Waals surface area contributed by atoms with Crippen molar-refractivity contribution in [3.05, 3.63) is 0 Å². The Labute approximate surface area is 140 Å². The molecule has 0 radical (unpaired) electrons. The predicted molar refractivity (Wildman–Crippen MR) is 93.9 cm³/mol. The first kappa shape index (κ1) is 21.5. The van der Waals surface area contributed by atoms with Gasteiger partial charge in [-0.2, -0.15) is 0 Å². The van der Waals surface area contributed by atoms with Crippen molar-refractivity contribution in [2.24, 2.45) is 4.99 Å². The molecule has 0 unspecified atom stereocenters. The molecule has 2 N–H and O–H groups in total. The van der Waals surface area contributed by atoms with E-state index in [1.54, 1.807) is 19.1 Å². The van der Waals surface area contributed by atoms with Crippen LogP contribution in [0.15, 0.2) is 4.99 Å². The minimum absolute atomic E-state index is 0.310. The molecule has 0 fully saturated rings. The molecule has 0 heterocycles. The number of hydrogen-bond acceptors (Lipinski definition) is 4. The second-order valence-electron chi connectivity index (χ2n) is 6.99. The van der Waals surface area contributed by atoms with Gasteiger partial charge in [0.1, 0.15) is 5.60 Å². The number of nitrogens with zero attached hydrogens (tertiary/aromatic N) is 2. The summed E-state index contributed by atoms with van der Waals surface area (Å²) in [7, 11) is 3.39. The van der Waals surface area contributed by atoms with Gasteiger partial charge in [0.15, 0.2) is 5.96 Å². The monoisotopic (exact) mass is 330 g/mol. The van der Waals surface area contributed by atoms with E-state index in [1.807, 2.05) is 41.5 Å². The van der Waals surface area contributed by atoms with Gasteiger partial charge in [0, 0.05) is 33.8 Å². The summed E-state index contributed by atoms with van der Waals surface area (Å²) < 4.78 is 10.7. The summed E-state index contributed by atoms with van der Waals surface area (Å²) in [5.41, 5.74) is -0.795. The number of rotatable bonds is 7. The zero-order valence-electron chi connectivity index (χ0n) is 15.9. The molecule has 0 atom stereocenters. The van der Waals surface area contributed by atoms with Gasteiger partial charge in [0.05, 0.1) is 12.1 Å². The van der Waals surface area contributed by atoms with Crippen LogP contribution >= 0.6 is 0 Å². The molecule has 23 heavy (non-hydrogen) atoms. The van der Waals surface area contributed by atoms with Crippen LogP contribution in [0.5, 0.6) is 0 Å². The molecule has 0 saturated carbocycles. The second-order valence-corrected chi connectivity index (χ2v) is 6.99. The molecule has 0 bridgehead atoms. The van der Waals surface area contributed by atoms with Crippen LogP contribution in [0.3, 0.4) is 0 Å². The maximum absolute atomic E-state index is 11.9. The minimum Gasteiger partial charge on any atom is -0.444 e. The molecule has 0 aliphatic rings. The average molecular weight is 330 g/mol. The summed E-state index contributed by atoms with van der Waals surface area (Å²) in [5.74, 6) is 0.704. The van der Waals surface area contributed by atoms with Crippen molar-refractivity contribution in [2.75, 3.05) is 40.3 Å². The van der Waals surface area contributed by atoms with Crippen molar-refractivity contribution >= 4 is 12.1 Å². The number of hydrogen-bond donors (Lipinski definition) is 2. The fraction of sp³-hybridized carbons (Fsp3) is 0.875. The topological polar surface area (TPSA) is 75.2 Å². The maximum Gasteiger partial charge on any atom is 0.410 e. The van der Waals surface area contributed by atoms with E-state index in [0.29, 0.717) is 25.6 Å². The number of aliphatic imine (C=N–C) groups is 1. The van der Waals surface area contributed by atoms with E-state index < -0.39 is 5.60 Å². The number of carbonyl (C=O) groups is 1. The van der Waals surface area contributed by atoms with E-state index in [9.17, 15) is 4.79 Å². The summed E-state index contributed by atoms with van der Waals surface area (Å²) in [6.45, 7) is 13.9. The average Bonchev–Trinajstić information content (AvgIpc) is 2.42. The Bertz CT molecular complexity index is 389. The Balaban J connectivity index is 4.37. The summed E-state index contributed by atoms with van der Waals surface area (Å²) in [6.07, 6.45) is -0.332. The number of nitrogens with one attached hydrogen (secondary N) is 2. The van der Waals surface area contributed by atoms with Gasteiger partial charge >= 0.3 is 6.09 Å². The third kappa shape index (κ3) is 10.8. The van der Waals surface area contributed by atoms with Crippen LogP contribution in [0.25, 0.3) is 0 Å². The molecular weight excluding hydrogens is 296 g/mol. The Morgan fingerprint density at radius 3 is 2.26 bits per heavy atom. The number of carbonyl (C=O) groups excluding carboxylic acids is 1. The normalized spacial score (nSPS) is 12.8. The largest absolute Gasteiger partial charge is 0.444 e. The van der Waals surface area contributed by atoms with E-state index in [0.717, 1.165) is 6.54 Å². The van der Waals surface area contributed by atoms with Crippen molar-refractivity contribution in [1.82, 2.24) is 15.5 Å². The van der Waals surface area contributed by atoms with Gasteiger partial charge in [0.2, 0.25) is 0 Å². The number of amides is 1. The second kappa shape index (κ2) is 9.60. The van der Waals surface area contributed by atoms with Crippen molar-refractivity contribution < 1.29 is 14.3 Å². The Hall–Kier alpha value is -1.50. The number of guanidine groups is 1. The highest BCUT2D eigenvalue weighted by atomic mass is 16.6. The zero-order valence-corrected chi connectivity index (χ0v) is 15.9. The molecular formula is C16H34N4O3. The number of methoxy groups -OCH3 is 1. The molecule has 0 spiro atoms. The third-order valence-corrected chi connectivity index (χ3v) is 2.96. The summed E-state index contributed by atoms with van der Waals surface area (Å²) in [6, 6.07) is 0. The van der Waals surface area contributed by atoms with E-state index >= 15 is 0 Å². The molecule has 0 aromatic rings. The molecule has 0 saturated heterocycles. The van der Waals surface area contributed by atoms with Gasteiger partial charge in [-0.1, -0.05) is 0 Å². The molecule has 0 aliphatic heterocycles.